The first-order valence-electron chi connectivity index (χ1n) is 11.1. The molecule has 1 aliphatic carbocycles. The fraction of sp³-hybridized carbons (Fsp3) is 0.652. The van der Waals surface area contributed by atoms with Gasteiger partial charge < -0.3 is 20.3 Å². The van der Waals surface area contributed by atoms with Gasteiger partial charge in [0.1, 0.15) is 5.75 Å². The minimum absolute atomic E-state index is 0.192. The van der Waals surface area contributed by atoms with Crippen molar-refractivity contribution in [2.45, 2.75) is 64.5 Å². The molecule has 1 atom stereocenters. The standard InChI is InChI=1S/C23H36N4O2/c1-17(2)29-21-10-8-18(9-11-21)12-14-25-23(24-3)26-20-13-15-27(16-20)22(28)19-6-4-5-7-19/h8-11,17,19-20H,4-7,12-16H2,1-3H3,(H2,24,25,26). The van der Waals surface area contributed by atoms with Crippen molar-refractivity contribution in [1.82, 2.24) is 15.5 Å². The lowest BCUT2D eigenvalue weighted by molar-refractivity contribution is -0.134. The highest BCUT2D eigenvalue weighted by molar-refractivity contribution is 5.81. The van der Waals surface area contributed by atoms with Gasteiger partial charge in [-0.1, -0.05) is 25.0 Å². The Hall–Kier alpha value is -2.24. The molecule has 0 bridgehead atoms. The van der Waals surface area contributed by atoms with Crippen LogP contribution in [-0.2, 0) is 11.2 Å². The van der Waals surface area contributed by atoms with Gasteiger partial charge in [0, 0.05) is 38.6 Å². The van der Waals surface area contributed by atoms with E-state index in [1.807, 2.05) is 30.9 Å². The highest BCUT2D eigenvalue weighted by Crippen LogP contribution is 2.27. The zero-order valence-electron chi connectivity index (χ0n) is 18.1. The van der Waals surface area contributed by atoms with Crippen LogP contribution in [0.1, 0.15) is 51.5 Å². The zero-order chi connectivity index (χ0) is 20.6. The Balaban J connectivity index is 1.39. The number of aliphatic imine (C=N–C) groups is 1. The van der Waals surface area contributed by atoms with E-state index in [2.05, 4.69) is 27.8 Å². The number of likely N-dealkylation sites (tertiary alicyclic amines) is 1. The van der Waals surface area contributed by atoms with Crippen molar-refractivity contribution in [3.63, 3.8) is 0 Å². The lowest BCUT2D eigenvalue weighted by atomic mass is 10.1. The number of carbonyl (C=O) groups excluding carboxylic acids is 1. The van der Waals surface area contributed by atoms with E-state index in [1.54, 1.807) is 7.05 Å². The topological polar surface area (TPSA) is 66.0 Å². The van der Waals surface area contributed by atoms with Crippen molar-refractivity contribution in [3.8, 4) is 5.75 Å². The normalized spacial score (nSPS) is 20.3. The molecule has 2 fully saturated rings. The maximum Gasteiger partial charge on any atom is 0.225 e. The molecule has 0 spiro atoms. The Kier molecular flexibility index (Phi) is 7.78. The molecule has 1 saturated heterocycles. The first-order valence-corrected chi connectivity index (χ1v) is 11.1. The van der Waals surface area contributed by atoms with Gasteiger partial charge in [0.05, 0.1) is 6.10 Å². The summed E-state index contributed by atoms with van der Waals surface area (Å²) in [5.74, 6) is 2.35. The number of benzene rings is 1. The van der Waals surface area contributed by atoms with Gasteiger partial charge in [-0.25, -0.2) is 0 Å². The van der Waals surface area contributed by atoms with E-state index in [9.17, 15) is 4.79 Å². The van der Waals surface area contributed by atoms with Crippen molar-refractivity contribution in [3.05, 3.63) is 29.8 Å². The van der Waals surface area contributed by atoms with Crippen LogP contribution >= 0.6 is 0 Å². The number of carbonyl (C=O) groups is 1. The maximum atomic E-state index is 12.6. The highest BCUT2D eigenvalue weighted by atomic mass is 16.5. The molecule has 1 heterocycles. The third-order valence-electron chi connectivity index (χ3n) is 5.77. The van der Waals surface area contributed by atoms with Crippen LogP contribution in [0.25, 0.3) is 0 Å². The van der Waals surface area contributed by atoms with Crippen molar-refractivity contribution in [1.29, 1.82) is 0 Å². The molecule has 6 nitrogen and oxygen atoms in total. The van der Waals surface area contributed by atoms with E-state index in [0.29, 0.717) is 5.91 Å². The molecule has 1 saturated carbocycles. The second-order valence-electron chi connectivity index (χ2n) is 8.46. The molecule has 2 N–H and O–H groups in total. The van der Waals surface area contributed by atoms with Gasteiger partial charge in [-0.15, -0.1) is 0 Å². The molecule has 0 aromatic heterocycles. The van der Waals surface area contributed by atoms with Gasteiger partial charge in [0.2, 0.25) is 5.91 Å². The number of ether oxygens (including phenoxy) is 1. The van der Waals surface area contributed by atoms with Gasteiger partial charge in [0.15, 0.2) is 5.96 Å². The van der Waals surface area contributed by atoms with Crippen LogP contribution in [0.2, 0.25) is 0 Å². The maximum absolute atomic E-state index is 12.6. The Morgan fingerprint density at radius 1 is 1.21 bits per heavy atom. The smallest absolute Gasteiger partial charge is 0.225 e. The van der Waals surface area contributed by atoms with E-state index < -0.39 is 0 Å². The van der Waals surface area contributed by atoms with Crippen LogP contribution in [-0.4, -0.2) is 55.6 Å². The van der Waals surface area contributed by atoms with E-state index >= 15 is 0 Å². The molecular weight excluding hydrogens is 364 g/mol. The molecule has 160 valence electrons. The molecule has 0 radical (unpaired) electrons. The average molecular weight is 401 g/mol. The van der Waals surface area contributed by atoms with Gasteiger partial charge >= 0.3 is 0 Å². The average Bonchev–Trinajstić information content (AvgIpc) is 3.40. The predicted octanol–water partition coefficient (Wildman–Crippen LogP) is 2.97. The molecule has 3 rings (SSSR count). The number of guanidine groups is 1. The number of hydrogen-bond acceptors (Lipinski definition) is 3. The summed E-state index contributed by atoms with van der Waals surface area (Å²) in [5, 5.41) is 6.88. The Bertz CT molecular complexity index is 681. The lowest BCUT2D eigenvalue weighted by Crippen LogP contribution is -2.45. The Labute approximate surface area is 175 Å². The minimum atomic E-state index is 0.192. The first kappa shape index (κ1) is 21.5. The fourth-order valence-electron chi connectivity index (χ4n) is 4.23. The largest absolute Gasteiger partial charge is 0.491 e. The third kappa shape index (κ3) is 6.38. The van der Waals surface area contributed by atoms with Crippen LogP contribution in [0, 0.1) is 5.92 Å². The van der Waals surface area contributed by atoms with Crippen LogP contribution in [0.5, 0.6) is 5.75 Å². The molecule has 6 heteroatoms. The predicted molar refractivity (Wildman–Crippen MR) is 117 cm³/mol. The zero-order valence-corrected chi connectivity index (χ0v) is 18.1. The molecule has 29 heavy (non-hydrogen) atoms. The highest BCUT2D eigenvalue weighted by Gasteiger charge is 2.32. The lowest BCUT2D eigenvalue weighted by Gasteiger charge is -2.21. The second-order valence-corrected chi connectivity index (χ2v) is 8.46. The van der Waals surface area contributed by atoms with E-state index in [0.717, 1.165) is 57.0 Å². The monoisotopic (exact) mass is 400 g/mol. The molecule has 1 aromatic rings. The van der Waals surface area contributed by atoms with Gasteiger partial charge in [-0.05, 0) is 57.2 Å². The van der Waals surface area contributed by atoms with E-state index in [-0.39, 0.29) is 18.1 Å². The van der Waals surface area contributed by atoms with Gasteiger partial charge in [0.25, 0.3) is 0 Å². The molecular formula is C23H36N4O2. The number of amides is 1. The second kappa shape index (κ2) is 10.5. The molecule has 1 amide bonds. The quantitative estimate of drug-likeness (QED) is 0.546. The van der Waals surface area contributed by atoms with Crippen LogP contribution in [0.15, 0.2) is 29.3 Å². The number of hydrogen-bond donors (Lipinski definition) is 2. The summed E-state index contributed by atoms with van der Waals surface area (Å²) in [6.45, 7) is 6.51. The minimum Gasteiger partial charge on any atom is -0.491 e. The Morgan fingerprint density at radius 3 is 2.59 bits per heavy atom. The summed E-state index contributed by atoms with van der Waals surface area (Å²) in [4.78, 5) is 19.0. The summed E-state index contributed by atoms with van der Waals surface area (Å²) in [6.07, 6.45) is 6.64. The molecule has 1 aliphatic heterocycles. The van der Waals surface area contributed by atoms with Gasteiger partial charge in [-0.3, -0.25) is 9.79 Å². The first-order chi connectivity index (χ1) is 14.0. The SMILES string of the molecule is CN=C(NCCc1ccc(OC(C)C)cc1)NC1CCN(C(=O)C2CCCC2)C1. The summed E-state index contributed by atoms with van der Waals surface area (Å²) in [5.41, 5.74) is 1.26. The molecule has 1 unspecified atom stereocenters. The summed E-state index contributed by atoms with van der Waals surface area (Å²) >= 11 is 0. The van der Waals surface area contributed by atoms with Crippen molar-refractivity contribution < 1.29 is 9.53 Å². The van der Waals surface area contributed by atoms with E-state index in [1.165, 1.54) is 18.4 Å². The van der Waals surface area contributed by atoms with Gasteiger partial charge in [-0.2, -0.15) is 0 Å². The van der Waals surface area contributed by atoms with Crippen LogP contribution in [0.3, 0.4) is 0 Å². The van der Waals surface area contributed by atoms with Crippen LogP contribution in [0.4, 0.5) is 0 Å². The summed E-state index contributed by atoms with van der Waals surface area (Å²) < 4.78 is 5.69. The molecule has 1 aromatic carbocycles. The van der Waals surface area contributed by atoms with E-state index in [4.69, 9.17) is 4.74 Å². The van der Waals surface area contributed by atoms with Crippen molar-refractivity contribution in [2.24, 2.45) is 10.9 Å². The summed E-state index contributed by atoms with van der Waals surface area (Å²) in [6, 6.07) is 8.55. The third-order valence-corrected chi connectivity index (χ3v) is 5.77. The van der Waals surface area contributed by atoms with Crippen molar-refractivity contribution in [2.75, 3.05) is 26.7 Å². The number of nitrogens with one attached hydrogen (secondary N) is 2. The van der Waals surface area contributed by atoms with Crippen molar-refractivity contribution >= 4 is 11.9 Å². The number of rotatable bonds is 7. The summed E-state index contributed by atoms with van der Waals surface area (Å²) in [7, 11) is 1.80. The molecule has 2 aliphatic rings. The Morgan fingerprint density at radius 2 is 1.93 bits per heavy atom. The number of nitrogens with zero attached hydrogens (tertiary/aromatic N) is 2. The fourth-order valence-corrected chi connectivity index (χ4v) is 4.23. The van der Waals surface area contributed by atoms with Crippen LogP contribution < -0.4 is 15.4 Å².